The molecule has 2 unspecified atom stereocenters. The number of fused-ring (bicyclic) bond motifs is 3. The van der Waals surface area contributed by atoms with Crippen molar-refractivity contribution in [1.29, 1.82) is 0 Å². The Morgan fingerprint density at radius 2 is 1.56 bits per heavy atom. The van der Waals surface area contributed by atoms with E-state index in [1.54, 1.807) is 7.05 Å². The third kappa shape index (κ3) is 6.93. The normalized spacial score (nSPS) is 16.6. The second-order valence-corrected chi connectivity index (χ2v) is 11.8. The van der Waals surface area contributed by atoms with E-state index in [0.717, 1.165) is 38.3 Å². The van der Waals surface area contributed by atoms with Crippen molar-refractivity contribution in [3.63, 3.8) is 0 Å². The average molecular weight is 610 g/mol. The first kappa shape index (κ1) is 31.5. The maximum atomic E-state index is 14.2. The van der Waals surface area contributed by atoms with Crippen molar-refractivity contribution in [3.8, 4) is 11.1 Å². The number of hydrogen-bond donors (Lipinski definition) is 1. The predicted octanol–water partition coefficient (Wildman–Crippen LogP) is 4.88. The van der Waals surface area contributed by atoms with E-state index >= 15 is 0 Å². The van der Waals surface area contributed by atoms with Gasteiger partial charge in [-0.05, 0) is 47.6 Å². The van der Waals surface area contributed by atoms with E-state index in [1.807, 2.05) is 79.7 Å². The second kappa shape index (κ2) is 13.8. The standard InChI is InChI=1S/C36H39N3O6/c1-24-16-18-25(19-17-24)21-32(34(42)37(2)22-33(40)41)39-20-10-4-5-15-31(35(39)43)38(3)36(44)45-23-30-28-13-8-6-11-26(28)27-12-7-9-14-29(27)30/h4-9,11-14,16-19,30-32H,10,15,20-23H2,1-3H3,(H,40,41). The van der Waals surface area contributed by atoms with Crippen molar-refractivity contribution < 1.29 is 29.0 Å². The van der Waals surface area contributed by atoms with Crippen LogP contribution in [0.4, 0.5) is 4.79 Å². The van der Waals surface area contributed by atoms with Crippen LogP contribution in [0.2, 0.25) is 0 Å². The van der Waals surface area contributed by atoms with Gasteiger partial charge in [0.05, 0.1) is 0 Å². The molecule has 0 saturated heterocycles. The van der Waals surface area contributed by atoms with Crippen LogP contribution < -0.4 is 0 Å². The molecule has 1 heterocycles. The van der Waals surface area contributed by atoms with E-state index < -0.39 is 36.6 Å². The molecule has 3 aromatic carbocycles. The summed E-state index contributed by atoms with van der Waals surface area (Å²) in [6.45, 7) is 1.83. The van der Waals surface area contributed by atoms with Crippen molar-refractivity contribution in [3.05, 3.63) is 107 Å². The molecule has 0 spiro atoms. The first-order valence-electron chi connectivity index (χ1n) is 15.2. The summed E-state index contributed by atoms with van der Waals surface area (Å²) in [4.78, 5) is 56.8. The number of carboxylic acid groups (broad SMARTS) is 1. The fourth-order valence-electron chi connectivity index (χ4n) is 6.23. The summed E-state index contributed by atoms with van der Waals surface area (Å²) in [6, 6.07) is 22.0. The molecule has 2 atom stereocenters. The predicted molar refractivity (Wildman–Crippen MR) is 171 cm³/mol. The van der Waals surface area contributed by atoms with Crippen molar-refractivity contribution in [2.75, 3.05) is 33.8 Å². The van der Waals surface area contributed by atoms with Gasteiger partial charge in [-0.2, -0.15) is 0 Å². The molecule has 234 valence electrons. The fraction of sp³-hybridized carbons (Fsp3) is 0.333. The third-order valence-electron chi connectivity index (χ3n) is 8.68. The highest BCUT2D eigenvalue weighted by atomic mass is 16.6. The number of hydrogen-bond acceptors (Lipinski definition) is 5. The minimum atomic E-state index is -1.14. The van der Waals surface area contributed by atoms with Crippen molar-refractivity contribution in [2.45, 2.75) is 44.2 Å². The van der Waals surface area contributed by atoms with Crippen LogP contribution in [0, 0.1) is 6.92 Å². The smallest absolute Gasteiger partial charge is 0.410 e. The van der Waals surface area contributed by atoms with Gasteiger partial charge in [0, 0.05) is 33.0 Å². The molecule has 9 heteroatoms. The lowest BCUT2D eigenvalue weighted by molar-refractivity contribution is -0.150. The Morgan fingerprint density at radius 3 is 2.18 bits per heavy atom. The minimum Gasteiger partial charge on any atom is -0.480 e. The summed E-state index contributed by atoms with van der Waals surface area (Å²) in [5, 5.41) is 9.35. The Kier molecular flexibility index (Phi) is 9.66. The molecule has 1 N–H and O–H groups in total. The Bertz CT molecular complexity index is 1550. The second-order valence-electron chi connectivity index (χ2n) is 11.8. The highest BCUT2D eigenvalue weighted by Crippen LogP contribution is 2.44. The first-order valence-corrected chi connectivity index (χ1v) is 15.2. The van der Waals surface area contributed by atoms with E-state index in [1.165, 1.54) is 16.8 Å². The SMILES string of the molecule is Cc1ccc(CC(C(=O)N(C)CC(=O)O)N2CCC=CCC(N(C)C(=O)OCC3c4ccccc4-c4ccccc43)C2=O)cc1. The number of carbonyl (C=O) groups excluding carboxylic acids is 3. The number of ether oxygens (including phenoxy) is 1. The molecule has 0 radical (unpaired) electrons. The lowest BCUT2D eigenvalue weighted by Gasteiger charge is -2.38. The number of rotatable bonds is 9. The van der Waals surface area contributed by atoms with E-state index in [0.29, 0.717) is 6.42 Å². The van der Waals surface area contributed by atoms with Gasteiger partial charge >= 0.3 is 12.1 Å². The number of nitrogens with zero attached hydrogens (tertiary/aromatic N) is 3. The molecule has 9 nitrogen and oxygen atoms in total. The van der Waals surface area contributed by atoms with Crippen LogP contribution in [0.1, 0.15) is 41.0 Å². The first-order chi connectivity index (χ1) is 21.7. The van der Waals surface area contributed by atoms with Gasteiger partial charge in [-0.1, -0.05) is 90.5 Å². The lowest BCUT2D eigenvalue weighted by Crippen LogP contribution is -2.57. The Hall–Kier alpha value is -4.92. The van der Waals surface area contributed by atoms with Gasteiger partial charge < -0.3 is 19.6 Å². The van der Waals surface area contributed by atoms with Crippen molar-refractivity contribution in [1.82, 2.24) is 14.7 Å². The molecule has 0 fully saturated rings. The number of carbonyl (C=O) groups is 4. The molecule has 0 saturated carbocycles. The van der Waals surface area contributed by atoms with Gasteiger partial charge in [0.25, 0.3) is 0 Å². The maximum Gasteiger partial charge on any atom is 0.410 e. The summed E-state index contributed by atoms with van der Waals surface area (Å²) >= 11 is 0. The van der Waals surface area contributed by atoms with E-state index in [-0.39, 0.29) is 37.8 Å². The number of benzene rings is 3. The molecule has 0 aromatic heterocycles. The van der Waals surface area contributed by atoms with Crippen LogP contribution >= 0.6 is 0 Å². The van der Waals surface area contributed by atoms with E-state index in [9.17, 15) is 24.3 Å². The monoisotopic (exact) mass is 609 g/mol. The van der Waals surface area contributed by atoms with Crippen LogP contribution in [-0.4, -0.2) is 89.6 Å². The molecule has 5 rings (SSSR count). The summed E-state index contributed by atoms with van der Waals surface area (Å²) in [5.74, 6) is -2.13. The third-order valence-corrected chi connectivity index (χ3v) is 8.68. The number of carboxylic acids is 1. The summed E-state index contributed by atoms with van der Waals surface area (Å²) in [7, 11) is 2.97. The molecular formula is C36H39N3O6. The van der Waals surface area contributed by atoms with Gasteiger partial charge in [0.15, 0.2) is 0 Å². The van der Waals surface area contributed by atoms with Crippen LogP contribution in [0.5, 0.6) is 0 Å². The Balaban J connectivity index is 1.36. The largest absolute Gasteiger partial charge is 0.480 e. The average Bonchev–Trinajstić information content (AvgIpc) is 3.34. The summed E-state index contributed by atoms with van der Waals surface area (Å²) in [5.41, 5.74) is 6.32. The molecule has 1 aliphatic carbocycles. The highest BCUT2D eigenvalue weighted by molar-refractivity contribution is 5.92. The zero-order chi connectivity index (χ0) is 32.1. The number of amides is 3. The van der Waals surface area contributed by atoms with E-state index in [4.69, 9.17) is 4.74 Å². The summed E-state index contributed by atoms with van der Waals surface area (Å²) < 4.78 is 5.86. The Labute approximate surface area is 263 Å². The summed E-state index contributed by atoms with van der Waals surface area (Å²) in [6.07, 6.45) is 4.17. The maximum absolute atomic E-state index is 14.2. The van der Waals surface area contributed by atoms with Crippen molar-refractivity contribution in [2.24, 2.45) is 0 Å². The zero-order valence-corrected chi connectivity index (χ0v) is 25.9. The quantitative estimate of drug-likeness (QED) is 0.347. The van der Waals surface area contributed by atoms with E-state index in [2.05, 4.69) is 12.1 Å². The van der Waals surface area contributed by atoms with Crippen LogP contribution in [0.3, 0.4) is 0 Å². The van der Waals surface area contributed by atoms with Crippen molar-refractivity contribution >= 4 is 23.9 Å². The van der Waals surface area contributed by atoms with Gasteiger partial charge in [0.2, 0.25) is 11.8 Å². The van der Waals surface area contributed by atoms with Crippen LogP contribution in [0.25, 0.3) is 11.1 Å². The fourth-order valence-corrected chi connectivity index (χ4v) is 6.23. The number of likely N-dealkylation sites (N-methyl/N-ethyl adjacent to an activating group) is 2. The van der Waals surface area contributed by atoms with Crippen LogP contribution in [0.15, 0.2) is 84.9 Å². The van der Waals surface area contributed by atoms with Gasteiger partial charge in [-0.15, -0.1) is 0 Å². The van der Waals surface area contributed by atoms with Crippen LogP contribution in [-0.2, 0) is 25.5 Å². The highest BCUT2D eigenvalue weighted by Gasteiger charge is 2.39. The lowest BCUT2D eigenvalue weighted by atomic mass is 9.98. The van der Waals surface area contributed by atoms with Gasteiger partial charge in [-0.25, -0.2) is 4.79 Å². The molecule has 1 aliphatic heterocycles. The molecule has 3 amide bonds. The number of aliphatic carboxylic acids is 1. The molecule has 0 bridgehead atoms. The molecular weight excluding hydrogens is 570 g/mol. The van der Waals surface area contributed by atoms with Gasteiger partial charge in [-0.3, -0.25) is 19.3 Å². The molecule has 45 heavy (non-hydrogen) atoms. The van der Waals surface area contributed by atoms with Gasteiger partial charge in [0.1, 0.15) is 25.2 Å². The molecule has 3 aromatic rings. The zero-order valence-electron chi connectivity index (χ0n) is 25.9. The molecule has 2 aliphatic rings. The number of aryl methyl sites for hydroxylation is 1. The Morgan fingerprint density at radius 1 is 0.933 bits per heavy atom. The minimum absolute atomic E-state index is 0.117. The topological polar surface area (TPSA) is 107 Å².